The molecule has 12 heavy (non-hydrogen) atoms. The van der Waals surface area contributed by atoms with Crippen LogP contribution in [0, 0.1) is 0 Å². The molecule has 3 heteroatoms. The molecule has 1 atom stereocenters. The first-order valence-corrected chi connectivity index (χ1v) is 4.07. The van der Waals surface area contributed by atoms with Gasteiger partial charge in [-0.25, -0.2) is 0 Å². The van der Waals surface area contributed by atoms with Gasteiger partial charge < -0.3 is 9.67 Å². The van der Waals surface area contributed by atoms with Crippen LogP contribution in [0.1, 0.15) is 19.4 Å². The highest BCUT2D eigenvalue weighted by atomic mass is 16.3. The number of aliphatic hydroxyl groups excluding tert-OH is 1. The molecule has 0 amide bonds. The third-order valence-electron chi connectivity index (χ3n) is 1.93. The first kappa shape index (κ1) is 9.00. The highest BCUT2D eigenvalue weighted by Crippen LogP contribution is 2.05. The second-order valence-electron chi connectivity index (χ2n) is 2.69. The minimum absolute atomic E-state index is 0.0143. The monoisotopic (exact) mass is 167 g/mol. The SMILES string of the molecule is CCC(CO)n1ccccc1=O. The van der Waals surface area contributed by atoms with E-state index in [0.29, 0.717) is 0 Å². The molecule has 0 saturated carbocycles. The zero-order valence-corrected chi connectivity index (χ0v) is 7.10. The van der Waals surface area contributed by atoms with Crippen LogP contribution in [-0.4, -0.2) is 16.3 Å². The molecule has 1 N–H and O–H groups in total. The summed E-state index contributed by atoms with van der Waals surface area (Å²) in [4.78, 5) is 11.2. The largest absolute Gasteiger partial charge is 0.394 e. The number of aliphatic hydroxyl groups is 1. The Bertz CT molecular complexity index is 289. The Morgan fingerprint density at radius 3 is 2.83 bits per heavy atom. The first-order valence-electron chi connectivity index (χ1n) is 4.07. The van der Waals surface area contributed by atoms with Crippen LogP contribution in [0.4, 0.5) is 0 Å². The lowest BCUT2D eigenvalue weighted by Crippen LogP contribution is -2.24. The van der Waals surface area contributed by atoms with E-state index in [-0.39, 0.29) is 18.2 Å². The third-order valence-corrected chi connectivity index (χ3v) is 1.93. The Hall–Kier alpha value is -1.09. The number of nitrogens with zero attached hydrogens (tertiary/aromatic N) is 1. The van der Waals surface area contributed by atoms with Crippen molar-refractivity contribution in [1.82, 2.24) is 4.57 Å². The number of aromatic nitrogens is 1. The van der Waals surface area contributed by atoms with Gasteiger partial charge in [0.2, 0.25) is 0 Å². The Balaban J connectivity index is 3.00. The lowest BCUT2D eigenvalue weighted by atomic mass is 10.2. The standard InChI is InChI=1S/C9H13NO2/c1-2-8(7-11)10-6-4-3-5-9(10)12/h3-6,8,11H,2,7H2,1H3. The van der Waals surface area contributed by atoms with Crippen molar-refractivity contribution < 1.29 is 5.11 Å². The second-order valence-corrected chi connectivity index (χ2v) is 2.69. The van der Waals surface area contributed by atoms with Crippen molar-refractivity contribution in [3.63, 3.8) is 0 Å². The lowest BCUT2D eigenvalue weighted by molar-refractivity contribution is 0.221. The number of hydrogen-bond acceptors (Lipinski definition) is 2. The van der Waals surface area contributed by atoms with Crippen LogP contribution in [0.25, 0.3) is 0 Å². The molecule has 1 unspecified atom stereocenters. The number of pyridine rings is 1. The predicted octanol–water partition coefficient (Wildman–Crippen LogP) is 0.792. The van der Waals surface area contributed by atoms with Crippen molar-refractivity contribution >= 4 is 0 Å². The van der Waals surface area contributed by atoms with Crippen LogP contribution in [0.3, 0.4) is 0 Å². The highest BCUT2D eigenvalue weighted by molar-refractivity contribution is 4.94. The van der Waals surface area contributed by atoms with Gasteiger partial charge in [-0.15, -0.1) is 0 Å². The fourth-order valence-corrected chi connectivity index (χ4v) is 1.16. The summed E-state index contributed by atoms with van der Waals surface area (Å²) in [7, 11) is 0. The Morgan fingerprint density at radius 1 is 1.58 bits per heavy atom. The molecule has 1 aromatic heterocycles. The van der Waals surface area contributed by atoms with E-state index in [2.05, 4.69) is 0 Å². The lowest BCUT2D eigenvalue weighted by Gasteiger charge is -2.14. The van der Waals surface area contributed by atoms with E-state index in [1.165, 1.54) is 6.07 Å². The van der Waals surface area contributed by atoms with Gasteiger partial charge in [-0.1, -0.05) is 13.0 Å². The van der Waals surface area contributed by atoms with Gasteiger partial charge in [-0.05, 0) is 12.5 Å². The molecule has 1 heterocycles. The molecule has 0 saturated heterocycles. The van der Waals surface area contributed by atoms with Gasteiger partial charge >= 0.3 is 0 Å². The summed E-state index contributed by atoms with van der Waals surface area (Å²) in [5.74, 6) is 0. The van der Waals surface area contributed by atoms with Crippen LogP contribution in [0.5, 0.6) is 0 Å². The van der Waals surface area contributed by atoms with Crippen LogP contribution < -0.4 is 5.56 Å². The summed E-state index contributed by atoms with van der Waals surface area (Å²) >= 11 is 0. The zero-order valence-electron chi connectivity index (χ0n) is 7.10. The summed E-state index contributed by atoms with van der Waals surface area (Å²) in [6.07, 6.45) is 2.47. The summed E-state index contributed by atoms with van der Waals surface area (Å²) in [6, 6.07) is 4.90. The highest BCUT2D eigenvalue weighted by Gasteiger charge is 2.06. The Labute approximate surface area is 71.3 Å². The van der Waals surface area contributed by atoms with Crippen molar-refractivity contribution in [2.45, 2.75) is 19.4 Å². The van der Waals surface area contributed by atoms with Gasteiger partial charge in [0.15, 0.2) is 0 Å². The Morgan fingerprint density at radius 2 is 2.33 bits per heavy atom. The van der Waals surface area contributed by atoms with Crippen molar-refractivity contribution in [2.75, 3.05) is 6.61 Å². The van der Waals surface area contributed by atoms with E-state index in [0.717, 1.165) is 6.42 Å². The second kappa shape index (κ2) is 4.07. The Kier molecular flexibility index (Phi) is 3.05. The van der Waals surface area contributed by atoms with Gasteiger partial charge in [0.25, 0.3) is 5.56 Å². The van der Waals surface area contributed by atoms with Crippen molar-refractivity contribution in [3.8, 4) is 0 Å². The maximum atomic E-state index is 11.2. The molecule has 0 spiro atoms. The van der Waals surface area contributed by atoms with Crippen LogP contribution in [-0.2, 0) is 0 Å². The molecule has 0 bridgehead atoms. The van der Waals surface area contributed by atoms with E-state index in [1.54, 1.807) is 22.9 Å². The molecule has 0 radical (unpaired) electrons. The quantitative estimate of drug-likeness (QED) is 0.723. The maximum Gasteiger partial charge on any atom is 0.250 e. The smallest absolute Gasteiger partial charge is 0.250 e. The third kappa shape index (κ3) is 1.74. The molecular formula is C9H13NO2. The van der Waals surface area contributed by atoms with E-state index in [1.807, 2.05) is 6.92 Å². The fraction of sp³-hybridized carbons (Fsp3) is 0.444. The molecule has 1 rings (SSSR count). The zero-order chi connectivity index (χ0) is 8.97. The van der Waals surface area contributed by atoms with Gasteiger partial charge in [-0.2, -0.15) is 0 Å². The fourth-order valence-electron chi connectivity index (χ4n) is 1.16. The van der Waals surface area contributed by atoms with Crippen LogP contribution >= 0.6 is 0 Å². The van der Waals surface area contributed by atoms with Crippen molar-refractivity contribution in [3.05, 3.63) is 34.7 Å². The molecule has 3 nitrogen and oxygen atoms in total. The van der Waals surface area contributed by atoms with Crippen LogP contribution in [0.2, 0.25) is 0 Å². The molecule has 0 aliphatic rings. The summed E-state index contributed by atoms with van der Waals surface area (Å²) < 4.78 is 1.56. The summed E-state index contributed by atoms with van der Waals surface area (Å²) in [6.45, 7) is 1.96. The first-order chi connectivity index (χ1) is 5.79. The van der Waals surface area contributed by atoms with E-state index >= 15 is 0 Å². The maximum absolute atomic E-state index is 11.2. The van der Waals surface area contributed by atoms with E-state index in [9.17, 15) is 4.79 Å². The molecule has 66 valence electrons. The van der Waals surface area contributed by atoms with Crippen molar-refractivity contribution in [1.29, 1.82) is 0 Å². The number of rotatable bonds is 3. The predicted molar refractivity (Wildman–Crippen MR) is 47.1 cm³/mol. The minimum Gasteiger partial charge on any atom is -0.394 e. The normalized spacial score (nSPS) is 12.8. The van der Waals surface area contributed by atoms with Crippen LogP contribution in [0.15, 0.2) is 29.2 Å². The molecule has 0 aliphatic carbocycles. The van der Waals surface area contributed by atoms with Crippen molar-refractivity contribution in [2.24, 2.45) is 0 Å². The van der Waals surface area contributed by atoms with Gasteiger partial charge in [0.05, 0.1) is 12.6 Å². The van der Waals surface area contributed by atoms with Gasteiger partial charge in [0, 0.05) is 12.3 Å². The van der Waals surface area contributed by atoms with E-state index < -0.39 is 0 Å². The number of hydrogen-bond donors (Lipinski definition) is 1. The minimum atomic E-state index is -0.0845. The molecule has 0 aliphatic heterocycles. The van der Waals surface area contributed by atoms with Gasteiger partial charge in [0.1, 0.15) is 0 Å². The topological polar surface area (TPSA) is 42.2 Å². The molecule has 0 aromatic carbocycles. The molecular weight excluding hydrogens is 154 g/mol. The summed E-state index contributed by atoms with van der Waals surface area (Å²) in [5.41, 5.74) is -0.0570. The van der Waals surface area contributed by atoms with E-state index in [4.69, 9.17) is 5.11 Å². The molecule has 0 fully saturated rings. The molecule has 1 aromatic rings. The average Bonchev–Trinajstić information content (AvgIpc) is 2.10. The summed E-state index contributed by atoms with van der Waals surface area (Å²) in [5, 5.41) is 8.94. The average molecular weight is 167 g/mol. The van der Waals surface area contributed by atoms with Gasteiger partial charge in [-0.3, -0.25) is 4.79 Å².